The lowest BCUT2D eigenvalue weighted by molar-refractivity contribution is 0.596. The van der Waals surface area contributed by atoms with Gasteiger partial charge in [0.15, 0.2) is 0 Å². The van der Waals surface area contributed by atoms with E-state index in [1.54, 1.807) is 0 Å². The lowest BCUT2D eigenvalue weighted by Crippen LogP contribution is -2.24. The van der Waals surface area contributed by atoms with E-state index >= 15 is 0 Å². The molecule has 3 heteroatoms. The first-order valence-corrected chi connectivity index (χ1v) is 8.45. The molecule has 0 spiro atoms. The van der Waals surface area contributed by atoms with Crippen LogP contribution in [0.2, 0.25) is 5.02 Å². The predicted molar refractivity (Wildman–Crippen MR) is 95.2 cm³/mol. The molecule has 1 N–H and O–H groups in total. The van der Waals surface area contributed by atoms with Crippen molar-refractivity contribution in [2.75, 3.05) is 6.54 Å². The molecule has 2 rings (SSSR count). The molecule has 1 atom stereocenters. The Morgan fingerprint density at radius 2 is 1.90 bits per heavy atom. The van der Waals surface area contributed by atoms with Crippen LogP contribution < -0.4 is 5.32 Å². The summed E-state index contributed by atoms with van der Waals surface area (Å²) >= 11 is 9.65. The first kappa shape index (κ1) is 16.5. The number of aryl methyl sites for hydroxylation is 2. The highest BCUT2D eigenvalue weighted by molar-refractivity contribution is 9.10. The van der Waals surface area contributed by atoms with Crippen LogP contribution in [-0.2, 0) is 0 Å². The SMILES string of the molecule is CCCNC(c1ccc(Cl)c(Br)c1)c1ccc(C)cc1C. The number of nitrogens with one attached hydrogen (secondary N) is 1. The van der Waals surface area contributed by atoms with Crippen LogP contribution in [0.4, 0.5) is 0 Å². The normalized spacial score (nSPS) is 12.4. The van der Waals surface area contributed by atoms with E-state index in [0.717, 1.165) is 22.5 Å². The van der Waals surface area contributed by atoms with Crippen LogP contribution in [0.5, 0.6) is 0 Å². The monoisotopic (exact) mass is 365 g/mol. The summed E-state index contributed by atoms with van der Waals surface area (Å²) in [6, 6.07) is 13.0. The van der Waals surface area contributed by atoms with Gasteiger partial charge in [-0.15, -0.1) is 0 Å². The summed E-state index contributed by atoms with van der Waals surface area (Å²) in [6.45, 7) is 7.47. The molecular formula is C18H21BrClN. The predicted octanol–water partition coefficient (Wildman–Crippen LogP) is 5.81. The van der Waals surface area contributed by atoms with Crippen molar-refractivity contribution in [3.05, 3.63) is 68.1 Å². The molecule has 0 aliphatic carbocycles. The molecule has 0 saturated heterocycles. The Labute approximate surface area is 140 Å². The lowest BCUT2D eigenvalue weighted by atomic mass is 9.94. The standard InChI is InChI=1S/C18H21BrClN/c1-4-9-21-18(14-6-8-17(20)16(19)11-14)15-7-5-12(2)10-13(15)3/h5-8,10-11,18,21H,4,9H2,1-3H3. The molecule has 21 heavy (non-hydrogen) atoms. The summed E-state index contributed by atoms with van der Waals surface area (Å²) < 4.78 is 0.940. The van der Waals surface area contributed by atoms with Gasteiger partial charge in [0.2, 0.25) is 0 Å². The Bertz CT molecular complexity index is 625. The van der Waals surface area contributed by atoms with Crippen LogP contribution in [0.1, 0.15) is 41.6 Å². The molecule has 0 heterocycles. The Hall–Kier alpha value is -0.830. The van der Waals surface area contributed by atoms with E-state index in [2.05, 4.69) is 72.3 Å². The second kappa shape index (κ2) is 7.44. The van der Waals surface area contributed by atoms with Crippen molar-refractivity contribution in [2.45, 2.75) is 33.2 Å². The van der Waals surface area contributed by atoms with Gasteiger partial charge >= 0.3 is 0 Å². The first-order valence-electron chi connectivity index (χ1n) is 7.28. The summed E-state index contributed by atoms with van der Waals surface area (Å²) in [4.78, 5) is 0. The minimum Gasteiger partial charge on any atom is -0.306 e. The number of hydrogen-bond donors (Lipinski definition) is 1. The minimum absolute atomic E-state index is 0.194. The molecule has 0 saturated carbocycles. The van der Waals surface area contributed by atoms with Gasteiger partial charge in [0, 0.05) is 4.47 Å². The molecular weight excluding hydrogens is 346 g/mol. The van der Waals surface area contributed by atoms with Crippen molar-refractivity contribution in [1.29, 1.82) is 0 Å². The molecule has 1 unspecified atom stereocenters. The van der Waals surface area contributed by atoms with Gasteiger partial charge in [-0.3, -0.25) is 0 Å². The Morgan fingerprint density at radius 1 is 1.14 bits per heavy atom. The zero-order valence-corrected chi connectivity index (χ0v) is 15.1. The molecule has 112 valence electrons. The quantitative estimate of drug-likeness (QED) is 0.704. The fourth-order valence-electron chi connectivity index (χ4n) is 2.54. The van der Waals surface area contributed by atoms with E-state index in [1.165, 1.54) is 22.3 Å². The third kappa shape index (κ3) is 4.09. The van der Waals surface area contributed by atoms with Crippen molar-refractivity contribution in [3.63, 3.8) is 0 Å². The van der Waals surface area contributed by atoms with Crippen LogP contribution >= 0.6 is 27.5 Å². The molecule has 0 aliphatic rings. The molecule has 0 amide bonds. The maximum absolute atomic E-state index is 6.12. The third-order valence-corrected chi connectivity index (χ3v) is 4.83. The molecule has 0 aliphatic heterocycles. The third-order valence-electron chi connectivity index (χ3n) is 3.61. The fraction of sp³-hybridized carbons (Fsp3) is 0.333. The summed E-state index contributed by atoms with van der Waals surface area (Å²) in [5.74, 6) is 0. The van der Waals surface area contributed by atoms with Crippen molar-refractivity contribution < 1.29 is 0 Å². The van der Waals surface area contributed by atoms with Gasteiger partial charge in [-0.1, -0.05) is 48.4 Å². The Balaban J connectivity index is 2.44. The molecule has 1 nitrogen and oxygen atoms in total. The number of halogens is 2. The van der Waals surface area contributed by atoms with Gasteiger partial charge in [0.05, 0.1) is 11.1 Å². The number of rotatable bonds is 5. The molecule has 0 aromatic heterocycles. The summed E-state index contributed by atoms with van der Waals surface area (Å²) in [7, 11) is 0. The lowest BCUT2D eigenvalue weighted by Gasteiger charge is -2.22. The van der Waals surface area contributed by atoms with E-state index in [4.69, 9.17) is 11.6 Å². The van der Waals surface area contributed by atoms with Gasteiger partial charge in [-0.2, -0.15) is 0 Å². The van der Waals surface area contributed by atoms with Gasteiger partial charge in [-0.25, -0.2) is 0 Å². The second-order valence-corrected chi connectivity index (χ2v) is 6.68. The maximum Gasteiger partial charge on any atom is 0.0579 e. The smallest absolute Gasteiger partial charge is 0.0579 e. The maximum atomic E-state index is 6.12. The van der Waals surface area contributed by atoms with Gasteiger partial charge in [0.25, 0.3) is 0 Å². The fourth-order valence-corrected chi connectivity index (χ4v) is 3.05. The van der Waals surface area contributed by atoms with Crippen LogP contribution in [0.15, 0.2) is 40.9 Å². The van der Waals surface area contributed by atoms with Crippen molar-refractivity contribution >= 4 is 27.5 Å². The van der Waals surface area contributed by atoms with Crippen LogP contribution in [0, 0.1) is 13.8 Å². The summed E-state index contributed by atoms with van der Waals surface area (Å²) in [5.41, 5.74) is 5.16. The Kier molecular flexibility index (Phi) is 5.86. The molecule has 0 radical (unpaired) electrons. The zero-order chi connectivity index (χ0) is 15.4. The average Bonchev–Trinajstić information content (AvgIpc) is 2.44. The molecule has 2 aromatic carbocycles. The summed E-state index contributed by atoms with van der Waals surface area (Å²) in [6.07, 6.45) is 1.11. The van der Waals surface area contributed by atoms with Gasteiger partial charge in [0.1, 0.15) is 0 Å². The minimum atomic E-state index is 0.194. The van der Waals surface area contributed by atoms with Crippen molar-refractivity contribution in [2.24, 2.45) is 0 Å². The van der Waals surface area contributed by atoms with E-state index in [1.807, 2.05) is 6.07 Å². The van der Waals surface area contributed by atoms with E-state index in [9.17, 15) is 0 Å². The highest BCUT2D eigenvalue weighted by Gasteiger charge is 2.16. The largest absolute Gasteiger partial charge is 0.306 e. The van der Waals surface area contributed by atoms with Crippen molar-refractivity contribution in [3.8, 4) is 0 Å². The first-order chi connectivity index (χ1) is 10.0. The molecule has 0 bridgehead atoms. The van der Waals surface area contributed by atoms with E-state index in [-0.39, 0.29) is 6.04 Å². The average molecular weight is 367 g/mol. The van der Waals surface area contributed by atoms with E-state index < -0.39 is 0 Å². The van der Waals surface area contributed by atoms with Crippen LogP contribution in [-0.4, -0.2) is 6.54 Å². The molecule has 0 fully saturated rings. The second-order valence-electron chi connectivity index (χ2n) is 5.42. The van der Waals surface area contributed by atoms with Crippen molar-refractivity contribution in [1.82, 2.24) is 5.32 Å². The van der Waals surface area contributed by atoms with Gasteiger partial charge in [-0.05, 0) is 71.6 Å². The topological polar surface area (TPSA) is 12.0 Å². The molecule has 2 aromatic rings. The van der Waals surface area contributed by atoms with Crippen LogP contribution in [0.25, 0.3) is 0 Å². The number of benzene rings is 2. The summed E-state index contributed by atoms with van der Waals surface area (Å²) in [5, 5.41) is 4.39. The van der Waals surface area contributed by atoms with Gasteiger partial charge < -0.3 is 5.32 Å². The van der Waals surface area contributed by atoms with E-state index in [0.29, 0.717) is 0 Å². The zero-order valence-electron chi connectivity index (χ0n) is 12.7. The Morgan fingerprint density at radius 3 is 2.52 bits per heavy atom. The highest BCUT2D eigenvalue weighted by Crippen LogP contribution is 2.30. The highest BCUT2D eigenvalue weighted by atomic mass is 79.9. The van der Waals surface area contributed by atoms with Crippen LogP contribution in [0.3, 0.4) is 0 Å². The number of hydrogen-bond acceptors (Lipinski definition) is 1.